The highest BCUT2D eigenvalue weighted by Crippen LogP contribution is 2.33. The van der Waals surface area contributed by atoms with Gasteiger partial charge in [-0.1, -0.05) is 12.1 Å². The molecular weight excluding hydrogens is 314 g/mol. The smallest absolute Gasteiger partial charge is 0.319 e. The van der Waals surface area contributed by atoms with E-state index in [-0.39, 0.29) is 18.2 Å². The molecule has 124 valence electrons. The van der Waals surface area contributed by atoms with E-state index in [4.69, 9.17) is 9.26 Å². The molecule has 0 aromatic carbocycles. The van der Waals surface area contributed by atoms with Crippen molar-refractivity contribution in [2.45, 2.75) is 45.8 Å². The van der Waals surface area contributed by atoms with Gasteiger partial charge in [-0.05, 0) is 30.9 Å². The van der Waals surface area contributed by atoms with Crippen LogP contribution in [0.5, 0.6) is 0 Å². The maximum absolute atomic E-state index is 12.3. The Balaban J connectivity index is 1.66. The van der Waals surface area contributed by atoms with Crippen molar-refractivity contribution in [3.63, 3.8) is 0 Å². The standard InChI is InChI=1S/C16H21N3O3S/c1-4-12-14(9(2)19-22-12)18-16(20)17-10(3)15-11-6-8-23-13(11)5-7-21-15/h6,8,10,15H,4-5,7H2,1-3H3,(H2,17,18,20)/t10-,15+/m1/s1. The average Bonchev–Trinajstić information content (AvgIpc) is 3.14. The van der Waals surface area contributed by atoms with Crippen LogP contribution < -0.4 is 10.6 Å². The van der Waals surface area contributed by atoms with E-state index >= 15 is 0 Å². The van der Waals surface area contributed by atoms with Crippen LogP contribution in [0.2, 0.25) is 0 Å². The quantitative estimate of drug-likeness (QED) is 0.897. The summed E-state index contributed by atoms with van der Waals surface area (Å²) in [6.07, 6.45) is 1.52. The highest BCUT2D eigenvalue weighted by molar-refractivity contribution is 7.10. The number of rotatable bonds is 4. The summed E-state index contributed by atoms with van der Waals surface area (Å²) >= 11 is 1.75. The highest BCUT2D eigenvalue weighted by atomic mass is 32.1. The van der Waals surface area contributed by atoms with Crippen LogP contribution in [0.15, 0.2) is 16.0 Å². The molecule has 2 amide bonds. The maximum Gasteiger partial charge on any atom is 0.319 e. The van der Waals surface area contributed by atoms with Gasteiger partial charge < -0.3 is 19.9 Å². The summed E-state index contributed by atoms with van der Waals surface area (Å²) in [6, 6.07) is 1.68. The molecule has 3 rings (SSSR count). The number of aryl methyl sites for hydroxylation is 2. The highest BCUT2D eigenvalue weighted by Gasteiger charge is 2.28. The maximum atomic E-state index is 12.3. The molecule has 0 radical (unpaired) electrons. The molecule has 6 nitrogen and oxygen atoms in total. The van der Waals surface area contributed by atoms with Gasteiger partial charge in [-0.15, -0.1) is 11.3 Å². The van der Waals surface area contributed by atoms with Crippen molar-refractivity contribution in [2.24, 2.45) is 0 Å². The minimum Gasteiger partial charge on any atom is -0.371 e. The van der Waals surface area contributed by atoms with Crippen LogP contribution >= 0.6 is 11.3 Å². The third-order valence-corrected chi connectivity index (χ3v) is 5.02. The van der Waals surface area contributed by atoms with Gasteiger partial charge in [0.2, 0.25) is 0 Å². The molecule has 23 heavy (non-hydrogen) atoms. The van der Waals surface area contributed by atoms with E-state index in [1.54, 1.807) is 11.3 Å². The van der Waals surface area contributed by atoms with Crippen LogP contribution in [0, 0.1) is 6.92 Å². The molecule has 1 aliphatic rings. The van der Waals surface area contributed by atoms with Gasteiger partial charge in [-0.3, -0.25) is 0 Å². The first kappa shape index (κ1) is 16.0. The number of anilines is 1. The lowest BCUT2D eigenvalue weighted by atomic mass is 10.0. The molecule has 0 saturated heterocycles. The van der Waals surface area contributed by atoms with Crippen LogP contribution in [0.4, 0.5) is 10.5 Å². The van der Waals surface area contributed by atoms with E-state index < -0.39 is 0 Å². The Kier molecular flexibility index (Phi) is 4.68. The van der Waals surface area contributed by atoms with Crippen LogP contribution in [0.1, 0.15) is 41.8 Å². The number of amides is 2. The van der Waals surface area contributed by atoms with Crippen molar-refractivity contribution in [1.29, 1.82) is 0 Å². The molecule has 0 bridgehead atoms. The van der Waals surface area contributed by atoms with Crippen molar-refractivity contribution < 1.29 is 14.1 Å². The molecule has 0 unspecified atom stereocenters. The molecule has 0 aliphatic carbocycles. The number of urea groups is 1. The van der Waals surface area contributed by atoms with Gasteiger partial charge in [0.15, 0.2) is 5.76 Å². The average molecular weight is 335 g/mol. The largest absolute Gasteiger partial charge is 0.371 e. The number of ether oxygens (including phenoxy) is 1. The third-order valence-electron chi connectivity index (χ3n) is 4.02. The zero-order valence-corrected chi connectivity index (χ0v) is 14.3. The van der Waals surface area contributed by atoms with E-state index in [0.29, 0.717) is 30.2 Å². The first-order chi connectivity index (χ1) is 11.1. The number of carbonyl (C=O) groups excluding carboxylic acids is 1. The van der Waals surface area contributed by atoms with Crippen molar-refractivity contribution >= 4 is 23.1 Å². The number of nitrogens with one attached hydrogen (secondary N) is 2. The number of carbonyl (C=O) groups is 1. The van der Waals surface area contributed by atoms with Crippen LogP contribution in [-0.2, 0) is 17.6 Å². The molecule has 3 heterocycles. The van der Waals surface area contributed by atoms with Crippen LogP contribution in [0.3, 0.4) is 0 Å². The summed E-state index contributed by atoms with van der Waals surface area (Å²) in [5.41, 5.74) is 2.51. The fourth-order valence-corrected chi connectivity index (χ4v) is 3.74. The van der Waals surface area contributed by atoms with Crippen molar-refractivity contribution in [1.82, 2.24) is 10.5 Å². The Bertz CT molecular complexity index is 695. The van der Waals surface area contributed by atoms with Crippen LogP contribution in [-0.4, -0.2) is 23.8 Å². The van der Waals surface area contributed by atoms with Gasteiger partial charge in [-0.25, -0.2) is 4.79 Å². The van der Waals surface area contributed by atoms with Gasteiger partial charge >= 0.3 is 6.03 Å². The van der Waals surface area contributed by atoms with E-state index in [0.717, 1.165) is 6.42 Å². The van der Waals surface area contributed by atoms with Gasteiger partial charge in [0.25, 0.3) is 0 Å². The number of fused-ring (bicyclic) bond motifs is 1. The summed E-state index contributed by atoms with van der Waals surface area (Å²) in [4.78, 5) is 13.6. The Morgan fingerprint density at radius 2 is 2.39 bits per heavy atom. The molecular formula is C16H21N3O3S. The first-order valence-electron chi connectivity index (χ1n) is 7.80. The second-order valence-electron chi connectivity index (χ2n) is 5.65. The predicted octanol–water partition coefficient (Wildman–Crippen LogP) is 3.43. The second-order valence-corrected chi connectivity index (χ2v) is 6.65. The van der Waals surface area contributed by atoms with Gasteiger partial charge in [0, 0.05) is 17.7 Å². The summed E-state index contributed by atoms with van der Waals surface area (Å²) < 4.78 is 11.0. The predicted molar refractivity (Wildman–Crippen MR) is 89.0 cm³/mol. The Morgan fingerprint density at radius 3 is 3.17 bits per heavy atom. The Morgan fingerprint density at radius 1 is 1.57 bits per heavy atom. The zero-order valence-electron chi connectivity index (χ0n) is 13.5. The van der Waals surface area contributed by atoms with E-state index in [1.165, 1.54) is 10.4 Å². The fourth-order valence-electron chi connectivity index (χ4n) is 2.84. The summed E-state index contributed by atoms with van der Waals surface area (Å²) in [6.45, 7) is 6.41. The van der Waals surface area contributed by atoms with Gasteiger partial charge in [0.05, 0.1) is 12.6 Å². The number of nitrogens with zero attached hydrogens (tertiary/aromatic N) is 1. The Labute approximate surface area is 139 Å². The van der Waals surface area contributed by atoms with Crippen molar-refractivity contribution in [3.05, 3.63) is 33.3 Å². The number of hydrogen-bond donors (Lipinski definition) is 2. The minimum atomic E-state index is -0.274. The SMILES string of the molecule is CCc1onc(C)c1NC(=O)N[C@H](C)[C@@H]1OCCc2sccc21. The van der Waals surface area contributed by atoms with E-state index in [9.17, 15) is 4.79 Å². The molecule has 0 saturated carbocycles. The second kappa shape index (κ2) is 6.72. The van der Waals surface area contributed by atoms with Crippen LogP contribution in [0.25, 0.3) is 0 Å². The lowest BCUT2D eigenvalue weighted by molar-refractivity contribution is 0.0238. The van der Waals surface area contributed by atoms with Gasteiger partial charge in [0.1, 0.15) is 17.5 Å². The number of aromatic nitrogens is 1. The monoisotopic (exact) mass is 335 g/mol. The molecule has 7 heteroatoms. The molecule has 0 fully saturated rings. The van der Waals surface area contributed by atoms with E-state index in [2.05, 4.69) is 27.2 Å². The summed E-state index contributed by atoms with van der Waals surface area (Å²) in [5, 5.41) is 11.8. The molecule has 0 spiro atoms. The topological polar surface area (TPSA) is 76.4 Å². The van der Waals surface area contributed by atoms with Gasteiger partial charge in [-0.2, -0.15) is 0 Å². The molecule has 2 N–H and O–H groups in total. The number of thiophene rings is 1. The zero-order chi connectivity index (χ0) is 16.4. The minimum absolute atomic E-state index is 0.107. The first-order valence-corrected chi connectivity index (χ1v) is 8.68. The summed E-state index contributed by atoms with van der Waals surface area (Å²) in [5.74, 6) is 0.680. The fraction of sp³-hybridized carbons (Fsp3) is 0.500. The Hall–Kier alpha value is -1.86. The summed E-state index contributed by atoms with van der Waals surface area (Å²) in [7, 11) is 0. The molecule has 2 aromatic rings. The normalized spacial score (nSPS) is 18.3. The third kappa shape index (κ3) is 3.25. The molecule has 1 aliphatic heterocycles. The van der Waals surface area contributed by atoms with Crippen molar-refractivity contribution in [3.8, 4) is 0 Å². The van der Waals surface area contributed by atoms with Crippen molar-refractivity contribution in [2.75, 3.05) is 11.9 Å². The lowest BCUT2D eigenvalue weighted by Gasteiger charge is -2.29. The number of hydrogen-bond acceptors (Lipinski definition) is 5. The molecule has 2 aromatic heterocycles. The molecule has 2 atom stereocenters. The lowest BCUT2D eigenvalue weighted by Crippen LogP contribution is -2.41. The van der Waals surface area contributed by atoms with E-state index in [1.807, 2.05) is 20.8 Å².